The van der Waals surface area contributed by atoms with Gasteiger partial charge in [-0.1, -0.05) is 141 Å². The van der Waals surface area contributed by atoms with Gasteiger partial charge in [0.25, 0.3) is 0 Å². The number of unbranched alkanes of at least 4 members (excludes halogenated alkanes) is 19. The minimum atomic E-state index is -1.03. The topological polar surface area (TPSA) is 92.7 Å². The molecule has 6 heteroatoms. The Balaban J connectivity index is 3.82. The molecule has 46 heavy (non-hydrogen) atoms. The molecule has 0 heterocycles. The third-order valence-corrected chi connectivity index (χ3v) is 8.27. The number of nitrogens with one attached hydrogen (secondary N) is 1. The van der Waals surface area contributed by atoms with Crippen molar-refractivity contribution in [3.05, 3.63) is 36.5 Å². The van der Waals surface area contributed by atoms with E-state index in [4.69, 9.17) is 9.84 Å². The van der Waals surface area contributed by atoms with E-state index in [0.717, 1.165) is 70.6 Å². The van der Waals surface area contributed by atoms with Crippen LogP contribution in [0.4, 0.5) is 0 Å². The molecule has 0 radical (unpaired) electrons. The summed E-state index contributed by atoms with van der Waals surface area (Å²) in [6.45, 7) is 4.11. The molecule has 0 aromatic heterocycles. The Morgan fingerprint density at radius 2 is 1.09 bits per heavy atom. The number of rotatable bonds is 34. The highest BCUT2D eigenvalue weighted by Crippen LogP contribution is 2.15. The number of amides is 1. The van der Waals surface area contributed by atoms with Crippen LogP contribution < -0.4 is 5.32 Å². The van der Waals surface area contributed by atoms with Crippen LogP contribution in [0.3, 0.4) is 0 Å². The Kier molecular flexibility index (Phi) is 33.7. The summed E-state index contributed by atoms with van der Waals surface area (Å²) < 4.78 is 5.82. The molecule has 1 atom stereocenters. The molecule has 266 valence electrons. The minimum Gasteiger partial charge on any atom is -0.480 e. The fourth-order valence-electron chi connectivity index (χ4n) is 5.38. The Labute approximate surface area is 283 Å². The molecule has 0 aliphatic heterocycles. The molecule has 0 aromatic carbocycles. The quantitative estimate of drug-likeness (QED) is 0.0412. The summed E-state index contributed by atoms with van der Waals surface area (Å²) in [4.78, 5) is 34.7. The second-order valence-electron chi connectivity index (χ2n) is 12.8. The molecule has 1 unspecified atom stereocenters. The third-order valence-electron chi connectivity index (χ3n) is 8.27. The normalized spacial score (nSPS) is 12.4. The van der Waals surface area contributed by atoms with Gasteiger partial charge in [0.2, 0.25) is 5.91 Å². The van der Waals surface area contributed by atoms with Crippen LogP contribution in [-0.4, -0.2) is 35.6 Å². The minimum absolute atomic E-state index is 0.0943. The van der Waals surface area contributed by atoms with Gasteiger partial charge in [0, 0.05) is 12.8 Å². The first-order chi connectivity index (χ1) is 22.5. The van der Waals surface area contributed by atoms with Gasteiger partial charge < -0.3 is 15.2 Å². The molecule has 0 saturated carbocycles. The average Bonchev–Trinajstić information content (AvgIpc) is 3.04. The molecule has 0 rings (SSSR count). The molecule has 0 spiro atoms. The SMILES string of the molecule is CCCC/C=C\C(CCCCCCC(=O)NCC(=O)O)OC(=O)CCCCCCCCCCC/C=C\C/C=C\CCCCCCC. The van der Waals surface area contributed by atoms with Crippen molar-refractivity contribution < 1.29 is 24.2 Å². The van der Waals surface area contributed by atoms with Gasteiger partial charge in [-0.05, 0) is 70.3 Å². The van der Waals surface area contributed by atoms with Gasteiger partial charge in [0.1, 0.15) is 12.6 Å². The van der Waals surface area contributed by atoms with E-state index in [9.17, 15) is 14.4 Å². The summed E-state index contributed by atoms with van der Waals surface area (Å²) in [5, 5.41) is 11.0. The van der Waals surface area contributed by atoms with Crippen molar-refractivity contribution in [2.45, 2.75) is 193 Å². The Hall–Kier alpha value is -2.37. The number of carbonyl (C=O) groups is 3. The first-order valence-electron chi connectivity index (χ1n) is 19.1. The van der Waals surface area contributed by atoms with Crippen LogP contribution in [0.1, 0.15) is 187 Å². The zero-order chi connectivity index (χ0) is 33.8. The van der Waals surface area contributed by atoms with E-state index >= 15 is 0 Å². The molecular weight excluding hydrogens is 574 g/mol. The molecular formula is C40H71NO5. The van der Waals surface area contributed by atoms with E-state index in [1.165, 1.54) is 89.9 Å². The Bertz CT molecular complexity index is 803. The first-order valence-corrected chi connectivity index (χ1v) is 19.1. The van der Waals surface area contributed by atoms with E-state index in [1.807, 2.05) is 0 Å². The van der Waals surface area contributed by atoms with Crippen molar-refractivity contribution in [3.8, 4) is 0 Å². The monoisotopic (exact) mass is 646 g/mol. The zero-order valence-electron chi connectivity index (χ0n) is 29.9. The highest BCUT2D eigenvalue weighted by molar-refractivity contribution is 5.80. The van der Waals surface area contributed by atoms with Gasteiger partial charge in [0.15, 0.2) is 0 Å². The smallest absolute Gasteiger partial charge is 0.322 e. The van der Waals surface area contributed by atoms with E-state index in [2.05, 4.69) is 55.6 Å². The number of hydrogen-bond acceptors (Lipinski definition) is 4. The van der Waals surface area contributed by atoms with Crippen molar-refractivity contribution in [1.82, 2.24) is 5.32 Å². The summed E-state index contributed by atoms with van der Waals surface area (Å²) in [7, 11) is 0. The van der Waals surface area contributed by atoms with Crippen molar-refractivity contribution in [2.24, 2.45) is 0 Å². The van der Waals surface area contributed by atoms with Crippen LogP contribution >= 0.6 is 0 Å². The van der Waals surface area contributed by atoms with Crippen molar-refractivity contribution in [2.75, 3.05) is 6.54 Å². The van der Waals surface area contributed by atoms with Crippen LogP contribution in [0.25, 0.3) is 0 Å². The highest BCUT2D eigenvalue weighted by atomic mass is 16.5. The molecule has 0 saturated heterocycles. The standard InChI is InChI=1S/C40H71NO5/c1-3-5-7-9-10-11-12-13-14-15-16-17-18-19-20-21-22-23-24-25-31-35-40(45)46-37(32-28-8-6-4-2)33-29-26-27-30-34-38(42)41-36-39(43)44/h12-13,15-16,28,32,37H,3-11,14,17-27,29-31,33-36H2,1-2H3,(H,41,42)(H,43,44)/b13-12-,16-15-,32-28-. The Morgan fingerprint density at radius 1 is 0.587 bits per heavy atom. The van der Waals surface area contributed by atoms with Gasteiger partial charge >= 0.3 is 11.9 Å². The van der Waals surface area contributed by atoms with Gasteiger partial charge in [-0.15, -0.1) is 0 Å². The number of allylic oxidation sites excluding steroid dienone is 5. The molecule has 0 aromatic rings. The van der Waals surface area contributed by atoms with Crippen LogP contribution in [0.15, 0.2) is 36.5 Å². The predicted molar refractivity (Wildman–Crippen MR) is 194 cm³/mol. The second kappa shape index (κ2) is 35.5. The second-order valence-corrected chi connectivity index (χ2v) is 12.8. The number of carbonyl (C=O) groups excluding carboxylic acids is 2. The summed E-state index contributed by atoms with van der Waals surface area (Å²) in [6, 6.07) is 0. The summed E-state index contributed by atoms with van der Waals surface area (Å²) in [5.41, 5.74) is 0. The fourth-order valence-corrected chi connectivity index (χ4v) is 5.38. The van der Waals surface area contributed by atoms with Crippen molar-refractivity contribution in [1.29, 1.82) is 0 Å². The lowest BCUT2D eigenvalue weighted by molar-refractivity contribution is -0.147. The van der Waals surface area contributed by atoms with Crippen LogP contribution in [0.5, 0.6) is 0 Å². The molecule has 0 bridgehead atoms. The molecule has 6 nitrogen and oxygen atoms in total. The maximum absolute atomic E-state index is 12.5. The van der Waals surface area contributed by atoms with E-state index in [0.29, 0.717) is 12.8 Å². The summed E-state index contributed by atoms with van der Waals surface area (Å²) >= 11 is 0. The van der Waals surface area contributed by atoms with Gasteiger partial charge in [0.05, 0.1) is 0 Å². The Morgan fingerprint density at radius 3 is 1.67 bits per heavy atom. The number of hydrogen-bond donors (Lipinski definition) is 2. The number of carboxylic acid groups (broad SMARTS) is 1. The fraction of sp³-hybridized carbons (Fsp3) is 0.775. The predicted octanol–water partition coefficient (Wildman–Crippen LogP) is 11.3. The van der Waals surface area contributed by atoms with Crippen LogP contribution in [0.2, 0.25) is 0 Å². The largest absolute Gasteiger partial charge is 0.480 e. The number of aliphatic carboxylic acids is 1. The number of esters is 1. The maximum Gasteiger partial charge on any atom is 0.322 e. The third kappa shape index (κ3) is 34.5. The molecule has 2 N–H and O–H groups in total. The molecule has 0 aliphatic rings. The van der Waals surface area contributed by atoms with E-state index in [1.54, 1.807) is 0 Å². The molecule has 0 aliphatic carbocycles. The molecule has 1 amide bonds. The van der Waals surface area contributed by atoms with E-state index in [-0.39, 0.29) is 24.5 Å². The zero-order valence-corrected chi connectivity index (χ0v) is 29.9. The van der Waals surface area contributed by atoms with Gasteiger partial charge in [-0.25, -0.2) is 0 Å². The van der Waals surface area contributed by atoms with Crippen LogP contribution in [-0.2, 0) is 19.1 Å². The maximum atomic E-state index is 12.5. The lowest BCUT2D eigenvalue weighted by Gasteiger charge is -2.15. The number of ether oxygens (including phenoxy) is 1. The number of carboxylic acids is 1. The van der Waals surface area contributed by atoms with Crippen molar-refractivity contribution >= 4 is 17.8 Å². The lowest BCUT2D eigenvalue weighted by Crippen LogP contribution is -2.28. The van der Waals surface area contributed by atoms with Crippen molar-refractivity contribution in [3.63, 3.8) is 0 Å². The van der Waals surface area contributed by atoms with Crippen LogP contribution in [0, 0.1) is 0 Å². The summed E-state index contributed by atoms with van der Waals surface area (Å²) in [6.07, 6.45) is 43.1. The van der Waals surface area contributed by atoms with Gasteiger partial charge in [-0.3, -0.25) is 14.4 Å². The first kappa shape index (κ1) is 43.6. The molecule has 0 fully saturated rings. The average molecular weight is 646 g/mol. The van der Waals surface area contributed by atoms with E-state index < -0.39 is 5.97 Å². The van der Waals surface area contributed by atoms with Gasteiger partial charge in [-0.2, -0.15) is 0 Å². The highest BCUT2D eigenvalue weighted by Gasteiger charge is 2.12. The lowest BCUT2D eigenvalue weighted by atomic mass is 10.1. The summed E-state index contributed by atoms with van der Waals surface area (Å²) in [5.74, 6) is -1.34.